The Morgan fingerprint density at radius 3 is 2.46 bits per heavy atom. The summed E-state index contributed by atoms with van der Waals surface area (Å²) in [5, 5.41) is 0. The molecule has 0 bridgehead atoms. The van der Waals surface area contributed by atoms with Crippen molar-refractivity contribution in [2.75, 3.05) is 0 Å². The van der Waals surface area contributed by atoms with Crippen molar-refractivity contribution in [3.05, 3.63) is 41.5 Å². The van der Waals surface area contributed by atoms with Crippen molar-refractivity contribution < 1.29 is 4.79 Å². The smallest absolute Gasteiger partial charge is 0.155 e. The van der Waals surface area contributed by atoms with Gasteiger partial charge in [0, 0.05) is 6.42 Å². The van der Waals surface area contributed by atoms with Gasteiger partial charge in [0.2, 0.25) is 0 Å². The molecule has 1 nitrogen and oxygen atoms in total. The quantitative estimate of drug-likeness (QED) is 0.644. The summed E-state index contributed by atoms with van der Waals surface area (Å²) in [5.41, 5.74) is 2.31. The number of rotatable bonds is 3. The van der Waals surface area contributed by atoms with Gasteiger partial charge in [-0.15, -0.1) is 0 Å². The van der Waals surface area contributed by atoms with E-state index in [1.54, 1.807) is 6.08 Å². The number of ketones is 1. The second-order valence-electron chi connectivity index (χ2n) is 3.06. The summed E-state index contributed by atoms with van der Waals surface area (Å²) in [7, 11) is 0. The van der Waals surface area contributed by atoms with E-state index in [9.17, 15) is 4.79 Å². The topological polar surface area (TPSA) is 17.1 Å². The standard InChI is InChI=1S/C12H14O/c1-3-12(13)9-8-11-6-4-10(2)5-7-11/h4-9H,3H2,1-2H3. The SMILES string of the molecule is CCC(=O)C=Cc1ccc(C)cc1. The van der Waals surface area contributed by atoms with Crippen molar-refractivity contribution in [2.24, 2.45) is 0 Å². The maximum atomic E-state index is 11.0. The molecule has 68 valence electrons. The molecule has 0 amide bonds. The summed E-state index contributed by atoms with van der Waals surface area (Å²) >= 11 is 0. The number of allylic oxidation sites excluding steroid dienone is 1. The maximum absolute atomic E-state index is 11.0. The highest BCUT2D eigenvalue weighted by Crippen LogP contribution is 2.05. The number of benzene rings is 1. The second kappa shape index (κ2) is 4.61. The normalized spacial score (nSPS) is 10.6. The van der Waals surface area contributed by atoms with Crippen LogP contribution >= 0.6 is 0 Å². The zero-order valence-electron chi connectivity index (χ0n) is 8.08. The molecule has 13 heavy (non-hydrogen) atoms. The van der Waals surface area contributed by atoms with Gasteiger partial charge in [0.15, 0.2) is 5.78 Å². The highest BCUT2D eigenvalue weighted by Gasteiger charge is 1.90. The third-order valence-corrected chi connectivity index (χ3v) is 1.89. The minimum atomic E-state index is 0.167. The maximum Gasteiger partial charge on any atom is 0.155 e. The lowest BCUT2D eigenvalue weighted by Gasteiger charge is -1.93. The van der Waals surface area contributed by atoms with E-state index in [1.165, 1.54) is 5.56 Å². The minimum Gasteiger partial charge on any atom is -0.295 e. The number of aryl methyl sites for hydroxylation is 1. The molecule has 0 spiro atoms. The molecule has 0 fully saturated rings. The Balaban J connectivity index is 2.69. The lowest BCUT2D eigenvalue weighted by molar-refractivity contribution is -0.114. The first-order valence-corrected chi connectivity index (χ1v) is 4.50. The van der Waals surface area contributed by atoms with Crippen LogP contribution in [-0.4, -0.2) is 5.78 Å². The van der Waals surface area contributed by atoms with Crippen molar-refractivity contribution in [3.63, 3.8) is 0 Å². The van der Waals surface area contributed by atoms with Crippen LogP contribution in [0.3, 0.4) is 0 Å². The molecule has 1 rings (SSSR count). The second-order valence-corrected chi connectivity index (χ2v) is 3.06. The number of carbonyl (C=O) groups is 1. The number of hydrogen-bond acceptors (Lipinski definition) is 1. The van der Waals surface area contributed by atoms with Crippen LogP contribution in [0.5, 0.6) is 0 Å². The van der Waals surface area contributed by atoms with Crippen LogP contribution in [0.25, 0.3) is 6.08 Å². The predicted octanol–water partition coefficient (Wildman–Crippen LogP) is 2.99. The summed E-state index contributed by atoms with van der Waals surface area (Å²) < 4.78 is 0. The van der Waals surface area contributed by atoms with E-state index in [-0.39, 0.29) is 5.78 Å². The summed E-state index contributed by atoms with van der Waals surface area (Å²) in [6.45, 7) is 3.91. The third-order valence-electron chi connectivity index (χ3n) is 1.89. The molecule has 1 aromatic carbocycles. The zero-order valence-corrected chi connectivity index (χ0v) is 8.08. The molecule has 0 atom stereocenters. The first kappa shape index (κ1) is 9.72. The molecule has 0 heterocycles. The van der Waals surface area contributed by atoms with E-state index >= 15 is 0 Å². The Hall–Kier alpha value is -1.37. The monoisotopic (exact) mass is 174 g/mol. The number of carbonyl (C=O) groups excluding carboxylic acids is 1. The van der Waals surface area contributed by atoms with Gasteiger partial charge in [0.25, 0.3) is 0 Å². The fourth-order valence-corrected chi connectivity index (χ4v) is 0.985. The van der Waals surface area contributed by atoms with Crippen LogP contribution in [-0.2, 0) is 4.79 Å². The molecular formula is C12H14O. The van der Waals surface area contributed by atoms with E-state index in [0.717, 1.165) is 5.56 Å². The van der Waals surface area contributed by atoms with E-state index in [1.807, 2.05) is 44.2 Å². The molecule has 0 aliphatic rings. The van der Waals surface area contributed by atoms with Crippen LogP contribution < -0.4 is 0 Å². The van der Waals surface area contributed by atoms with Crippen LogP contribution in [0.2, 0.25) is 0 Å². The van der Waals surface area contributed by atoms with E-state index in [2.05, 4.69) is 0 Å². The van der Waals surface area contributed by atoms with Crippen molar-refractivity contribution >= 4 is 11.9 Å². The van der Waals surface area contributed by atoms with Crippen LogP contribution in [0.15, 0.2) is 30.3 Å². The van der Waals surface area contributed by atoms with Gasteiger partial charge < -0.3 is 0 Å². The van der Waals surface area contributed by atoms with Crippen LogP contribution in [0.4, 0.5) is 0 Å². The van der Waals surface area contributed by atoms with Gasteiger partial charge in [-0.1, -0.05) is 42.8 Å². The van der Waals surface area contributed by atoms with Crippen molar-refractivity contribution in [2.45, 2.75) is 20.3 Å². The Morgan fingerprint density at radius 1 is 1.31 bits per heavy atom. The molecule has 0 saturated heterocycles. The van der Waals surface area contributed by atoms with Gasteiger partial charge in [-0.25, -0.2) is 0 Å². The molecule has 1 heteroatoms. The van der Waals surface area contributed by atoms with Crippen LogP contribution in [0, 0.1) is 6.92 Å². The van der Waals surface area contributed by atoms with Gasteiger partial charge in [0.05, 0.1) is 0 Å². The molecular weight excluding hydrogens is 160 g/mol. The highest BCUT2D eigenvalue weighted by atomic mass is 16.1. The van der Waals surface area contributed by atoms with Crippen LogP contribution in [0.1, 0.15) is 24.5 Å². The lowest BCUT2D eigenvalue weighted by atomic mass is 10.1. The van der Waals surface area contributed by atoms with Gasteiger partial charge >= 0.3 is 0 Å². The van der Waals surface area contributed by atoms with Crippen molar-refractivity contribution in [1.29, 1.82) is 0 Å². The van der Waals surface area contributed by atoms with Gasteiger partial charge in [-0.2, -0.15) is 0 Å². The first-order valence-electron chi connectivity index (χ1n) is 4.50. The summed E-state index contributed by atoms with van der Waals surface area (Å²) in [4.78, 5) is 11.0. The molecule has 1 aromatic rings. The highest BCUT2D eigenvalue weighted by molar-refractivity contribution is 5.93. The fourth-order valence-electron chi connectivity index (χ4n) is 0.985. The molecule has 0 N–H and O–H groups in total. The largest absolute Gasteiger partial charge is 0.295 e. The molecule has 0 saturated carbocycles. The summed E-state index contributed by atoms with van der Waals surface area (Å²) in [5.74, 6) is 0.167. The van der Waals surface area contributed by atoms with Gasteiger partial charge in [-0.3, -0.25) is 4.79 Å². The molecule has 0 unspecified atom stereocenters. The predicted molar refractivity (Wildman–Crippen MR) is 55.5 cm³/mol. The van der Waals surface area contributed by atoms with Crippen molar-refractivity contribution in [3.8, 4) is 0 Å². The average Bonchev–Trinajstić information content (AvgIpc) is 2.16. The fraction of sp³-hybridized carbons (Fsp3) is 0.250. The Bertz CT molecular complexity index is 306. The molecule has 0 radical (unpaired) electrons. The summed E-state index contributed by atoms with van der Waals surface area (Å²) in [6, 6.07) is 8.09. The minimum absolute atomic E-state index is 0.167. The Morgan fingerprint density at radius 2 is 1.92 bits per heavy atom. The zero-order chi connectivity index (χ0) is 9.68. The number of hydrogen-bond donors (Lipinski definition) is 0. The molecule has 0 aliphatic carbocycles. The molecule has 0 aromatic heterocycles. The Labute approximate surface area is 79.1 Å². The van der Waals surface area contributed by atoms with E-state index in [4.69, 9.17) is 0 Å². The lowest BCUT2D eigenvalue weighted by Crippen LogP contribution is -1.86. The average molecular weight is 174 g/mol. The van der Waals surface area contributed by atoms with Gasteiger partial charge in [0.1, 0.15) is 0 Å². The molecule has 0 aliphatic heterocycles. The van der Waals surface area contributed by atoms with E-state index < -0.39 is 0 Å². The Kier molecular flexibility index (Phi) is 3.44. The van der Waals surface area contributed by atoms with Gasteiger partial charge in [-0.05, 0) is 18.6 Å². The van der Waals surface area contributed by atoms with Crippen molar-refractivity contribution in [1.82, 2.24) is 0 Å². The summed E-state index contributed by atoms with van der Waals surface area (Å²) in [6.07, 6.45) is 4.05. The van der Waals surface area contributed by atoms with E-state index in [0.29, 0.717) is 6.42 Å². The third kappa shape index (κ3) is 3.24. The first-order chi connectivity index (χ1) is 6.22.